The number of benzene rings is 2. The molecular formula is C19H17F3N2O3. The number of oxazole rings is 1. The van der Waals surface area contributed by atoms with Crippen molar-refractivity contribution in [1.29, 1.82) is 0 Å². The minimum absolute atomic E-state index is 0.245. The van der Waals surface area contributed by atoms with Crippen molar-refractivity contribution in [2.24, 2.45) is 0 Å². The molecule has 2 aromatic carbocycles. The van der Waals surface area contributed by atoms with Gasteiger partial charge in [-0.1, -0.05) is 12.1 Å². The zero-order chi connectivity index (χ0) is 19.4. The van der Waals surface area contributed by atoms with Gasteiger partial charge in [-0.25, -0.2) is 0 Å². The van der Waals surface area contributed by atoms with Crippen LogP contribution < -0.4 is 14.8 Å². The zero-order valence-electron chi connectivity index (χ0n) is 14.6. The summed E-state index contributed by atoms with van der Waals surface area (Å²) in [4.78, 5) is 4.25. The normalized spacial score (nSPS) is 11.3. The van der Waals surface area contributed by atoms with E-state index in [1.807, 2.05) is 6.07 Å². The van der Waals surface area contributed by atoms with Crippen LogP contribution in [0.15, 0.2) is 53.1 Å². The Bertz CT molecular complexity index is 905. The number of aromatic nitrogens is 1. The Labute approximate surface area is 153 Å². The van der Waals surface area contributed by atoms with Crippen LogP contribution in [0.3, 0.4) is 0 Å². The SMILES string of the molecule is COc1ccc(OC)c(CNc2nc(-c3ccc(C(F)(F)F)cc3)co2)c1. The fourth-order valence-electron chi connectivity index (χ4n) is 2.51. The number of halogens is 3. The highest BCUT2D eigenvalue weighted by Gasteiger charge is 2.30. The number of anilines is 1. The van der Waals surface area contributed by atoms with Crippen molar-refractivity contribution >= 4 is 6.01 Å². The lowest BCUT2D eigenvalue weighted by molar-refractivity contribution is -0.137. The molecule has 0 atom stereocenters. The smallest absolute Gasteiger partial charge is 0.416 e. The molecule has 142 valence electrons. The van der Waals surface area contributed by atoms with E-state index in [0.29, 0.717) is 29.3 Å². The van der Waals surface area contributed by atoms with E-state index in [2.05, 4.69) is 10.3 Å². The van der Waals surface area contributed by atoms with Gasteiger partial charge in [0.05, 0.1) is 19.8 Å². The summed E-state index contributed by atoms with van der Waals surface area (Å²) in [5.41, 5.74) is 1.09. The summed E-state index contributed by atoms with van der Waals surface area (Å²) in [7, 11) is 3.14. The van der Waals surface area contributed by atoms with E-state index in [9.17, 15) is 13.2 Å². The van der Waals surface area contributed by atoms with E-state index in [-0.39, 0.29) is 6.01 Å². The van der Waals surface area contributed by atoms with E-state index in [1.165, 1.54) is 18.4 Å². The molecule has 0 amide bonds. The highest BCUT2D eigenvalue weighted by Crippen LogP contribution is 2.31. The second-order valence-corrected chi connectivity index (χ2v) is 5.64. The van der Waals surface area contributed by atoms with Crippen LogP contribution in [-0.2, 0) is 12.7 Å². The second-order valence-electron chi connectivity index (χ2n) is 5.64. The fraction of sp³-hybridized carbons (Fsp3) is 0.211. The third-order valence-electron chi connectivity index (χ3n) is 3.93. The Morgan fingerprint density at radius 3 is 2.41 bits per heavy atom. The van der Waals surface area contributed by atoms with Gasteiger partial charge < -0.3 is 19.2 Å². The van der Waals surface area contributed by atoms with Crippen molar-refractivity contribution in [3.05, 3.63) is 59.9 Å². The number of hydrogen-bond acceptors (Lipinski definition) is 5. The van der Waals surface area contributed by atoms with Crippen LogP contribution in [0.1, 0.15) is 11.1 Å². The number of ether oxygens (including phenoxy) is 2. The second kappa shape index (κ2) is 7.61. The molecule has 0 unspecified atom stereocenters. The Balaban J connectivity index is 1.72. The van der Waals surface area contributed by atoms with Crippen LogP contribution in [0.25, 0.3) is 11.3 Å². The quantitative estimate of drug-likeness (QED) is 0.655. The molecule has 0 spiro atoms. The van der Waals surface area contributed by atoms with Crippen LogP contribution in [0.5, 0.6) is 11.5 Å². The molecule has 0 saturated carbocycles. The third kappa shape index (κ3) is 4.33. The predicted octanol–water partition coefficient (Wildman–Crippen LogP) is 4.99. The fourth-order valence-corrected chi connectivity index (χ4v) is 2.51. The standard InChI is InChI=1S/C19H17F3N2O3/c1-25-15-7-8-17(26-2)13(9-15)10-23-18-24-16(11-27-18)12-3-5-14(6-4-12)19(20,21)22/h3-9,11H,10H2,1-2H3,(H,23,24). The molecule has 0 aliphatic heterocycles. The van der Waals surface area contributed by atoms with Crippen LogP contribution in [0, 0.1) is 0 Å². The molecule has 5 nitrogen and oxygen atoms in total. The third-order valence-corrected chi connectivity index (χ3v) is 3.93. The molecule has 3 rings (SSSR count). The molecular weight excluding hydrogens is 361 g/mol. The molecule has 0 radical (unpaired) electrons. The van der Waals surface area contributed by atoms with Crippen molar-refractivity contribution < 1.29 is 27.1 Å². The van der Waals surface area contributed by atoms with Gasteiger partial charge in [0.25, 0.3) is 6.01 Å². The number of nitrogens with one attached hydrogen (secondary N) is 1. The average molecular weight is 378 g/mol. The Kier molecular flexibility index (Phi) is 5.25. The van der Waals surface area contributed by atoms with Gasteiger partial charge in [-0.3, -0.25) is 0 Å². The van der Waals surface area contributed by atoms with Crippen LogP contribution in [-0.4, -0.2) is 19.2 Å². The molecule has 0 aliphatic carbocycles. The number of alkyl halides is 3. The first kappa shape index (κ1) is 18.6. The molecule has 1 N–H and O–H groups in total. The molecule has 0 fully saturated rings. The van der Waals surface area contributed by atoms with E-state index in [1.54, 1.807) is 26.4 Å². The number of rotatable bonds is 6. The van der Waals surface area contributed by atoms with Crippen LogP contribution in [0.2, 0.25) is 0 Å². The van der Waals surface area contributed by atoms with E-state index in [4.69, 9.17) is 13.9 Å². The van der Waals surface area contributed by atoms with E-state index >= 15 is 0 Å². The molecule has 1 heterocycles. The largest absolute Gasteiger partial charge is 0.497 e. The number of nitrogens with zero attached hydrogens (tertiary/aromatic N) is 1. The lowest BCUT2D eigenvalue weighted by atomic mass is 10.1. The van der Waals surface area contributed by atoms with Crippen molar-refractivity contribution in [3.63, 3.8) is 0 Å². The van der Waals surface area contributed by atoms with Crippen molar-refractivity contribution in [2.75, 3.05) is 19.5 Å². The predicted molar refractivity (Wildman–Crippen MR) is 93.8 cm³/mol. The molecule has 8 heteroatoms. The van der Waals surface area contributed by atoms with Gasteiger partial charge in [-0.05, 0) is 30.3 Å². The monoisotopic (exact) mass is 378 g/mol. The first-order valence-electron chi connectivity index (χ1n) is 7.98. The highest BCUT2D eigenvalue weighted by molar-refractivity contribution is 5.60. The minimum Gasteiger partial charge on any atom is -0.497 e. The Hall–Kier alpha value is -3.16. The summed E-state index contributed by atoms with van der Waals surface area (Å²) >= 11 is 0. The molecule has 0 saturated heterocycles. The molecule has 1 aromatic heterocycles. The number of hydrogen-bond donors (Lipinski definition) is 1. The summed E-state index contributed by atoms with van der Waals surface area (Å²) in [5, 5.41) is 3.02. The first-order chi connectivity index (χ1) is 12.9. The first-order valence-corrected chi connectivity index (χ1v) is 7.98. The van der Waals surface area contributed by atoms with Gasteiger partial charge in [0.1, 0.15) is 23.5 Å². The lowest BCUT2D eigenvalue weighted by Crippen LogP contribution is -2.04. The molecule has 0 bridgehead atoms. The van der Waals surface area contributed by atoms with Crippen LogP contribution in [0.4, 0.5) is 19.2 Å². The Morgan fingerprint density at radius 1 is 1.04 bits per heavy atom. The lowest BCUT2D eigenvalue weighted by Gasteiger charge is -2.10. The van der Waals surface area contributed by atoms with Crippen molar-refractivity contribution in [1.82, 2.24) is 4.98 Å². The minimum atomic E-state index is -4.37. The summed E-state index contributed by atoms with van der Waals surface area (Å²) in [6.07, 6.45) is -2.99. The summed E-state index contributed by atoms with van der Waals surface area (Å²) in [5.74, 6) is 1.36. The maximum absolute atomic E-state index is 12.6. The zero-order valence-corrected chi connectivity index (χ0v) is 14.6. The van der Waals surface area contributed by atoms with E-state index < -0.39 is 11.7 Å². The van der Waals surface area contributed by atoms with Crippen molar-refractivity contribution in [3.8, 4) is 22.8 Å². The molecule has 0 aliphatic rings. The summed E-state index contributed by atoms with van der Waals surface area (Å²) in [6.45, 7) is 0.368. The molecule has 3 aromatic rings. The maximum atomic E-state index is 12.6. The average Bonchev–Trinajstić information content (AvgIpc) is 3.14. The number of methoxy groups -OCH3 is 2. The van der Waals surface area contributed by atoms with Gasteiger partial charge in [0.2, 0.25) is 0 Å². The van der Waals surface area contributed by atoms with E-state index in [0.717, 1.165) is 17.7 Å². The van der Waals surface area contributed by atoms with Gasteiger partial charge in [0.15, 0.2) is 0 Å². The molecule has 27 heavy (non-hydrogen) atoms. The van der Waals surface area contributed by atoms with Crippen molar-refractivity contribution in [2.45, 2.75) is 12.7 Å². The highest BCUT2D eigenvalue weighted by atomic mass is 19.4. The van der Waals surface area contributed by atoms with Crippen LogP contribution >= 0.6 is 0 Å². The van der Waals surface area contributed by atoms with Gasteiger partial charge in [-0.2, -0.15) is 18.2 Å². The summed E-state index contributed by atoms with van der Waals surface area (Å²) in [6, 6.07) is 10.4. The topological polar surface area (TPSA) is 56.5 Å². The maximum Gasteiger partial charge on any atom is 0.416 e. The van der Waals surface area contributed by atoms with Gasteiger partial charge in [0, 0.05) is 17.7 Å². The Morgan fingerprint density at radius 2 is 1.78 bits per heavy atom. The summed E-state index contributed by atoms with van der Waals surface area (Å²) < 4.78 is 53.8. The van der Waals surface area contributed by atoms with Gasteiger partial charge >= 0.3 is 6.18 Å². The van der Waals surface area contributed by atoms with Gasteiger partial charge in [-0.15, -0.1) is 0 Å².